The van der Waals surface area contributed by atoms with Gasteiger partial charge < -0.3 is 9.47 Å². The van der Waals surface area contributed by atoms with Gasteiger partial charge in [-0.25, -0.2) is 20.0 Å². The Balaban J connectivity index is 1.26. The maximum Gasteiger partial charge on any atom is 0.276 e. The van der Waals surface area contributed by atoms with Crippen molar-refractivity contribution in [2.45, 2.75) is 104 Å². The molecule has 7 rings (SSSR count). The highest BCUT2D eigenvalue weighted by atomic mass is 16.5. The molecule has 2 aliphatic heterocycles. The molecule has 0 aromatic heterocycles. The summed E-state index contributed by atoms with van der Waals surface area (Å²) in [6, 6.07) is 22.1. The number of nitrogens with zero attached hydrogens (tertiary/aromatic N) is 4. The van der Waals surface area contributed by atoms with Crippen LogP contribution in [0.4, 0.5) is 0 Å². The van der Waals surface area contributed by atoms with E-state index in [2.05, 4.69) is 13.8 Å². The van der Waals surface area contributed by atoms with Crippen LogP contribution >= 0.6 is 0 Å². The molecule has 282 valence electrons. The second-order valence-electron chi connectivity index (χ2n) is 14.4. The van der Waals surface area contributed by atoms with Crippen molar-refractivity contribution < 1.29 is 28.7 Å². The number of imide groups is 2. The molecule has 4 aromatic rings. The van der Waals surface area contributed by atoms with Gasteiger partial charge in [0.15, 0.2) is 0 Å². The van der Waals surface area contributed by atoms with Crippen molar-refractivity contribution in [2.75, 3.05) is 13.2 Å². The molecule has 0 bridgehead atoms. The Kier molecular flexibility index (Phi) is 11.1. The number of ether oxygens (including phenoxy) is 2. The molecule has 10 heteroatoms. The molecule has 0 N–H and O–H groups in total. The molecule has 1 unspecified atom stereocenters. The van der Waals surface area contributed by atoms with Crippen LogP contribution in [0.25, 0.3) is 10.8 Å². The molecular formula is C44H50N4O6. The first kappa shape index (κ1) is 37.3. The molecular weight excluding hydrogens is 681 g/mol. The lowest BCUT2D eigenvalue weighted by molar-refractivity contribution is -0.0391. The fourth-order valence-electron chi connectivity index (χ4n) is 8.41. The molecule has 2 heterocycles. The molecule has 0 radical (unpaired) electrons. The van der Waals surface area contributed by atoms with Gasteiger partial charge in [-0.05, 0) is 99.2 Å². The topological polar surface area (TPSA) is 99.7 Å². The van der Waals surface area contributed by atoms with Crippen molar-refractivity contribution in [3.8, 4) is 11.5 Å². The first-order valence-corrected chi connectivity index (χ1v) is 19.6. The van der Waals surface area contributed by atoms with Crippen molar-refractivity contribution in [2.24, 2.45) is 0 Å². The van der Waals surface area contributed by atoms with E-state index in [4.69, 9.17) is 9.47 Å². The van der Waals surface area contributed by atoms with Gasteiger partial charge in [-0.1, -0.05) is 63.8 Å². The van der Waals surface area contributed by atoms with Crippen LogP contribution in [0.1, 0.15) is 132 Å². The van der Waals surface area contributed by atoms with Gasteiger partial charge in [0.1, 0.15) is 11.5 Å². The third-order valence-electron chi connectivity index (χ3n) is 11.0. The number of hydrogen-bond acceptors (Lipinski definition) is 8. The van der Waals surface area contributed by atoms with E-state index < -0.39 is 23.6 Å². The summed E-state index contributed by atoms with van der Waals surface area (Å²) >= 11 is 0. The quantitative estimate of drug-likeness (QED) is 0.112. The van der Waals surface area contributed by atoms with Crippen molar-refractivity contribution >= 4 is 34.4 Å². The molecule has 1 fully saturated rings. The van der Waals surface area contributed by atoms with Crippen LogP contribution in [0.2, 0.25) is 0 Å². The molecule has 0 saturated heterocycles. The lowest BCUT2D eigenvalue weighted by atomic mass is 9.86. The molecule has 4 aromatic carbocycles. The minimum atomic E-state index is -0.460. The average molecular weight is 731 g/mol. The minimum Gasteiger partial charge on any atom is -0.494 e. The molecule has 4 amide bonds. The average Bonchev–Trinajstić information content (AvgIpc) is 3.19. The van der Waals surface area contributed by atoms with Crippen LogP contribution < -0.4 is 9.47 Å². The molecule has 54 heavy (non-hydrogen) atoms. The van der Waals surface area contributed by atoms with Crippen molar-refractivity contribution in [3.05, 3.63) is 106 Å². The van der Waals surface area contributed by atoms with Crippen LogP contribution in [0.5, 0.6) is 11.5 Å². The fraction of sp³-hybridized carbons (Fsp3) is 0.409. The third-order valence-corrected chi connectivity index (χ3v) is 11.0. The zero-order valence-electron chi connectivity index (χ0n) is 31.8. The van der Waals surface area contributed by atoms with Gasteiger partial charge in [0.05, 0.1) is 35.5 Å². The number of rotatable bonds is 15. The van der Waals surface area contributed by atoms with Crippen LogP contribution in [0.15, 0.2) is 72.8 Å². The van der Waals surface area contributed by atoms with E-state index in [9.17, 15) is 19.2 Å². The highest BCUT2D eigenvalue weighted by Gasteiger charge is 2.45. The van der Waals surface area contributed by atoms with Gasteiger partial charge >= 0.3 is 0 Å². The maximum atomic E-state index is 14.6. The summed E-state index contributed by atoms with van der Waals surface area (Å²) in [5.41, 5.74) is 3.14. The summed E-state index contributed by atoms with van der Waals surface area (Å²) < 4.78 is 11.3. The summed E-state index contributed by atoms with van der Waals surface area (Å²) in [5.74, 6) is -0.284. The smallest absolute Gasteiger partial charge is 0.276 e. The number of hydrogen-bond donors (Lipinski definition) is 0. The van der Waals surface area contributed by atoms with E-state index in [1.165, 1.54) is 10.0 Å². The van der Waals surface area contributed by atoms with Crippen LogP contribution in [-0.2, 0) is 13.1 Å². The van der Waals surface area contributed by atoms with E-state index in [1.807, 2.05) is 72.4 Å². The van der Waals surface area contributed by atoms with Crippen molar-refractivity contribution in [1.82, 2.24) is 20.0 Å². The Hall–Kier alpha value is -5.06. The largest absolute Gasteiger partial charge is 0.494 e. The van der Waals surface area contributed by atoms with E-state index >= 15 is 0 Å². The highest BCUT2D eigenvalue weighted by Crippen LogP contribution is 2.40. The molecule has 3 aliphatic rings. The second-order valence-corrected chi connectivity index (χ2v) is 14.4. The van der Waals surface area contributed by atoms with E-state index in [0.717, 1.165) is 74.0 Å². The van der Waals surface area contributed by atoms with Crippen molar-refractivity contribution in [3.63, 3.8) is 0 Å². The summed E-state index contributed by atoms with van der Waals surface area (Å²) in [4.78, 5) is 58.4. The van der Waals surface area contributed by atoms with Crippen LogP contribution in [0, 0.1) is 0 Å². The Labute approximate surface area is 317 Å². The Morgan fingerprint density at radius 2 is 1.04 bits per heavy atom. The minimum absolute atomic E-state index is 0.000363. The fourth-order valence-corrected chi connectivity index (χ4v) is 8.41. The summed E-state index contributed by atoms with van der Waals surface area (Å²) in [7, 11) is 0. The first-order chi connectivity index (χ1) is 26.3. The summed E-state index contributed by atoms with van der Waals surface area (Å²) in [6.07, 6.45) is 7.31. The molecule has 0 spiro atoms. The second kappa shape index (κ2) is 16.1. The monoisotopic (exact) mass is 730 g/mol. The van der Waals surface area contributed by atoms with E-state index in [0.29, 0.717) is 59.3 Å². The maximum absolute atomic E-state index is 14.6. The Morgan fingerprint density at radius 3 is 1.46 bits per heavy atom. The van der Waals surface area contributed by atoms with E-state index in [-0.39, 0.29) is 12.1 Å². The SMILES string of the molecule is CCCC(CC)N(Cc1ccc(OCC)cc1)N1C(=O)c2ccc3c4c(ccc(c24)C1=O)C(=O)N(N(Cc1ccc(OCC)cc1)C1CCCCC1)C3=O. The van der Waals surface area contributed by atoms with Crippen molar-refractivity contribution in [1.29, 1.82) is 0 Å². The zero-order valence-corrected chi connectivity index (χ0v) is 31.8. The summed E-state index contributed by atoms with van der Waals surface area (Å²) in [6.45, 7) is 9.88. The van der Waals surface area contributed by atoms with Gasteiger partial charge in [-0.15, -0.1) is 0 Å². The van der Waals surface area contributed by atoms with Gasteiger partial charge in [0.25, 0.3) is 23.6 Å². The molecule has 10 nitrogen and oxygen atoms in total. The van der Waals surface area contributed by atoms with Crippen LogP contribution in [0.3, 0.4) is 0 Å². The number of carbonyl (C=O) groups is 4. The third kappa shape index (κ3) is 6.89. The lowest BCUT2D eigenvalue weighted by Gasteiger charge is -2.43. The highest BCUT2D eigenvalue weighted by molar-refractivity contribution is 6.33. The van der Waals surface area contributed by atoms with Gasteiger partial charge in [-0.2, -0.15) is 0 Å². The van der Waals surface area contributed by atoms with E-state index in [1.54, 1.807) is 24.3 Å². The first-order valence-electron chi connectivity index (χ1n) is 19.6. The van der Waals surface area contributed by atoms with Gasteiger partial charge in [-0.3, -0.25) is 19.2 Å². The Bertz CT molecular complexity index is 1830. The lowest BCUT2D eigenvalue weighted by Crippen LogP contribution is -2.56. The number of benzene rings is 4. The predicted octanol–water partition coefficient (Wildman–Crippen LogP) is 8.58. The van der Waals surface area contributed by atoms with Crippen LogP contribution in [-0.4, -0.2) is 69.0 Å². The number of hydrazine groups is 2. The summed E-state index contributed by atoms with van der Waals surface area (Å²) in [5, 5.41) is 7.20. The normalized spacial score (nSPS) is 16.6. The predicted molar refractivity (Wildman–Crippen MR) is 207 cm³/mol. The number of amides is 4. The molecule has 1 atom stereocenters. The van der Waals surface area contributed by atoms with Gasteiger partial charge in [0.2, 0.25) is 0 Å². The number of carbonyl (C=O) groups excluding carboxylic acids is 4. The zero-order chi connectivity index (χ0) is 37.9. The van der Waals surface area contributed by atoms with Gasteiger partial charge in [0, 0.05) is 35.9 Å². The standard InChI is InChI=1S/C44H50N4O6/c1-5-12-31(6-2)45(27-29-15-19-33(20-16-29)53-7-3)47-41(49)35-23-25-37-40-38(26-24-36(39(35)40)42(47)50)44(52)48(43(37)51)46(32-13-10-9-11-14-32)28-30-17-21-34(22-18-30)54-8-4/h15-26,31-32H,5-14,27-28H2,1-4H3. The Morgan fingerprint density at radius 1 is 0.593 bits per heavy atom. The molecule has 1 aliphatic carbocycles. The molecule has 1 saturated carbocycles.